The van der Waals surface area contributed by atoms with Crippen LogP contribution in [0.5, 0.6) is 0 Å². The first-order chi connectivity index (χ1) is 9.40. The molecular weight excluding hydrogens is 416 g/mol. The largest absolute Gasteiger partial charge is 0.469 e. The number of carbonyl (C=O) groups is 2. The number of carbonyl (C=O) groups excluding carboxylic acids is 2. The Labute approximate surface area is 141 Å². The third-order valence-corrected chi connectivity index (χ3v) is 4.70. The van der Waals surface area contributed by atoms with E-state index in [2.05, 4.69) is 4.74 Å². The van der Waals surface area contributed by atoms with Crippen LogP contribution in [0.1, 0.15) is 23.7 Å². The Morgan fingerprint density at radius 2 is 2.00 bits per heavy atom. The van der Waals surface area contributed by atoms with Gasteiger partial charge in [-0.3, -0.25) is 9.59 Å². The number of amides is 1. The summed E-state index contributed by atoms with van der Waals surface area (Å²) in [6.45, 7) is 2.62. The number of nitrogens with zero attached hydrogens (tertiary/aromatic N) is 1. The van der Waals surface area contributed by atoms with Gasteiger partial charge in [-0.05, 0) is 41.6 Å². The summed E-state index contributed by atoms with van der Waals surface area (Å²) in [6.07, 6.45) is 0.154. The highest BCUT2D eigenvalue weighted by atomic mass is 127. The van der Waals surface area contributed by atoms with Gasteiger partial charge in [-0.2, -0.15) is 0 Å². The zero-order valence-corrected chi connectivity index (χ0v) is 14.8. The minimum absolute atomic E-state index is 0.154. The van der Waals surface area contributed by atoms with Crippen molar-refractivity contribution in [1.29, 1.82) is 0 Å². The molecule has 20 heavy (non-hydrogen) atoms. The number of rotatable bonds is 5. The molecule has 1 aromatic carbocycles. The third-order valence-electron chi connectivity index (χ3n) is 2.71. The molecule has 0 spiro atoms. The predicted octanol–water partition coefficient (Wildman–Crippen LogP) is 3.62. The highest BCUT2D eigenvalue weighted by Crippen LogP contribution is 2.27. The van der Waals surface area contributed by atoms with Crippen molar-refractivity contribution in [3.05, 3.63) is 31.3 Å². The summed E-state index contributed by atoms with van der Waals surface area (Å²) in [7, 11) is 1.32. The van der Waals surface area contributed by atoms with Crippen LogP contribution in [0.2, 0.25) is 10.0 Å². The number of hydrogen-bond acceptors (Lipinski definition) is 3. The number of methoxy groups -OCH3 is 1. The number of ether oxygens (including phenoxy) is 1. The van der Waals surface area contributed by atoms with E-state index in [-0.39, 0.29) is 18.3 Å². The molecule has 1 aromatic rings. The molecule has 0 atom stereocenters. The third kappa shape index (κ3) is 4.49. The minimum Gasteiger partial charge on any atom is -0.469 e. The number of benzene rings is 1. The van der Waals surface area contributed by atoms with E-state index in [9.17, 15) is 9.59 Å². The SMILES string of the molecule is CCN(CCC(=O)OC)C(=O)c1cc(Cl)cc(Cl)c1I. The zero-order chi connectivity index (χ0) is 15.3. The highest BCUT2D eigenvalue weighted by Gasteiger charge is 2.20. The Kier molecular flexibility index (Phi) is 7.05. The van der Waals surface area contributed by atoms with Crippen LogP contribution in [0.3, 0.4) is 0 Å². The summed E-state index contributed by atoms with van der Waals surface area (Å²) in [6, 6.07) is 3.17. The van der Waals surface area contributed by atoms with Crippen LogP contribution < -0.4 is 0 Å². The van der Waals surface area contributed by atoms with Crippen LogP contribution in [0.15, 0.2) is 12.1 Å². The maximum absolute atomic E-state index is 12.5. The normalized spacial score (nSPS) is 10.2. The van der Waals surface area contributed by atoms with Crippen molar-refractivity contribution in [2.24, 2.45) is 0 Å². The van der Waals surface area contributed by atoms with Crippen LogP contribution in [-0.4, -0.2) is 37.0 Å². The molecule has 0 bridgehead atoms. The molecular formula is C13H14Cl2INO3. The second-order valence-corrected chi connectivity index (χ2v) is 5.88. The van der Waals surface area contributed by atoms with Crippen molar-refractivity contribution >= 4 is 57.7 Å². The van der Waals surface area contributed by atoms with E-state index in [1.165, 1.54) is 7.11 Å². The topological polar surface area (TPSA) is 46.6 Å². The number of hydrogen-bond donors (Lipinski definition) is 0. The van der Waals surface area contributed by atoms with Crippen LogP contribution in [0.4, 0.5) is 0 Å². The maximum atomic E-state index is 12.5. The molecule has 1 rings (SSSR count). The lowest BCUT2D eigenvalue weighted by atomic mass is 10.2. The fourth-order valence-electron chi connectivity index (χ4n) is 1.61. The maximum Gasteiger partial charge on any atom is 0.307 e. The van der Waals surface area contributed by atoms with Gasteiger partial charge in [-0.15, -0.1) is 0 Å². The Bertz CT molecular complexity index is 523. The smallest absolute Gasteiger partial charge is 0.307 e. The van der Waals surface area contributed by atoms with E-state index in [0.717, 1.165) is 0 Å². The van der Waals surface area contributed by atoms with Crippen LogP contribution in [-0.2, 0) is 9.53 Å². The average Bonchev–Trinajstić information content (AvgIpc) is 2.42. The highest BCUT2D eigenvalue weighted by molar-refractivity contribution is 14.1. The molecule has 0 aliphatic heterocycles. The fourth-order valence-corrected chi connectivity index (χ4v) is 2.65. The Morgan fingerprint density at radius 3 is 2.55 bits per heavy atom. The molecule has 110 valence electrons. The van der Waals surface area contributed by atoms with Gasteiger partial charge >= 0.3 is 5.97 Å². The van der Waals surface area contributed by atoms with Gasteiger partial charge < -0.3 is 9.64 Å². The summed E-state index contributed by atoms with van der Waals surface area (Å²) >= 11 is 14.0. The Balaban J connectivity index is 2.94. The van der Waals surface area contributed by atoms with Gasteiger partial charge in [-0.25, -0.2) is 0 Å². The van der Waals surface area contributed by atoms with Crippen LogP contribution in [0, 0.1) is 3.57 Å². The second-order valence-electron chi connectivity index (χ2n) is 3.96. The fraction of sp³-hybridized carbons (Fsp3) is 0.385. The van der Waals surface area contributed by atoms with Gasteiger partial charge in [0.15, 0.2) is 0 Å². The Hall–Kier alpha value is -0.530. The molecule has 1 amide bonds. The quantitative estimate of drug-likeness (QED) is 0.408. The minimum atomic E-state index is -0.352. The summed E-state index contributed by atoms with van der Waals surface area (Å²) in [5.41, 5.74) is 0.440. The van der Waals surface area contributed by atoms with E-state index in [4.69, 9.17) is 23.2 Å². The lowest BCUT2D eigenvalue weighted by molar-refractivity contribution is -0.140. The first kappa shape index (κ1) is 17.5. The molecule has 0 fully saturated rings. The van der Waals surface area contributed by atoms with Gasteiger partial charge in [-0.1, -0.05) is 23.2 Å². The van der Waals surface area contributed by atoms with E-state index in [1.54, 1.807) is 17.0 Å². The van der Waals surface area contributed by atoms with Crippen molar-refractivity contribution in [2.75, 3.05) is 20.2 Å². The number of halogens is 3. The van der Waals surface area contributed by atoms with Crippen molar-refractivity contribution in [3.63, 3.8) is 0 Å². The molecule has 0 heterocycles. The van der Waals surface area contributed by atoms with Crippen LogP contribution >= 0.6 is 45.8 Å². The van der Waals surface area contributed by atoms with Gasteiger partial charge in [0.2, 0.25) is 0 Å². The molecule has 0 radical (unpaired) electrons. The molecule has 0 unspecified atom stereocenters. The molecule has 0 aliphatic carbocycles. The molecule has 0 saturated heterocycles. The summed E-state index contributed by atoms with van der Waals surface area (Å²) < 4.78 is 5.22. The monoisotopic (exact) mass is 429 g/mol. The van der Waals surface area contributed by atoms with Gasteiger partial charge in [0.25, 0.3) is 5.91 Å². The van der Waals surface area contributed by atoms with Gasteiger partial charge in [0, 0.05) is 21.7 Å². The molecule has 0 N–H and O–H groups in total. The molecule has 0 aromatic heterocycles. The van der Waals surface area contributed by atoms with Crippen molar-refractivity contribution in [2.45, 2.75) is 13.3 Å². The first-order valence-electron chi connectivity index (χ1n) is 5.91. The summed E-state index contributed by atoms with van der Waals surface area (Å²) in [4.78, 5) is 25.2. The second kappa shape index (κ2) is 8.05. The van der Waals surface area contributed by atoms with E-state index in [1.807, 2.05) is 29.5 Å². The average molecular weight is 430 g/mol. The Morgan fingerprint density at radius 1 is 1.35 bits per heavy atom. The zero-order valence-electron chi connectivity index (χ0n) is 11.1. The van der Waals surface area contributed by atoms with Crippen LogP contribution in [0.25, 0.3) is 0 Å². The van der Waals surface area contributed by atoms with E-state index in [0.29, 0.717) is 32.3 Å². The molecule has 0 aliphatic rings. The van der Waals surface area contributed by atoms with Gasteiger partial charge in [0.1, 0.15) is 0 Å². The standard InChI is InChI=1S/C13H14Cl2INO3/c1-3-17(5-4-11(18)20-2)13(19)9-6-8(14)7-10(15)12(9)16/h6-7H,3-5H2,1-2H3. The predicted molar refractivity (Wildman–Crippen MR) is 87.4 cm³/mol. The molecule has 4 nitrogen and oxygen atoms in total. The summed E-state index contributed by atoms with van der Waals surface area (Å²) in [5, 5.41) is 0.841. The van der Waals surface area contributed by atoms with E-state index < -0.39 is 0 Å². The van der Waals surface area contributed by atoms with Crippen molar-refractivity contribution in [1.82, 2.24) is 4.90 Å². The lowest BCUT2D eigenvalue weighted by Gasteiger charge is -2.21. The van der Waals surface area contributed by atoms with Crippen molar-refractivity contribution in [3.8, 4) is 0 Å². The van der Waals surface area contributed by atoms with Gasteiger partial charge in [0.05, 0.1) is 24.1 Å². The lowest BCUT2D eigenvalue weighted by Crippen LogP contribution is -2.33. The molecule has 0 saturated carbocycles. The van der Waals surface area contributed by atoms with E-state index >= 15 is 0 Å². The summed E-state index contributed by atoms with van der Waals surface area (Å²) in [5.74, 6) is -0.555. The number of esters is 1. The molecule has 7 heteroatoms. The van der Waals surface area contributed by atoms with Crippen molar-refractivity contribution < 1.29 is 14.3 Å². The first-order valence-corrected chi connectivity index (χ1v) is 7.74.